The molecule has 1 fully saturated rings. The quantitative estimate of drug-likeness (QED) is 0.674. The molecule has 0 bridgehead atoms. The Morgan fingerprint density at radius 3 is 2.84 bits per heavy atom. The number of rotatable bonds is 1. The van der Waals surface area contributed by atoms with Crippen molar-refractivity contribution in [1.29, 1.82) is 5.26 Å². The number of nitrogen functional groups attached to an aromatic ring is 1. The molecule has 1 aromatic rings. The number of imide groups is 1. The highest BCUT2D eigenvalue weighted by atomic mass is 16.2. The average Bonchev–Trinajstić information content (AvgIpc) is 2.35. The molecular weight excluding hydrogens is 246 g/mol. The van der Waals surface area contributed by atoms with Gasteiger partial charge in [-0.1, -0.05) is 0 Å². The third kappa shape index (κ3) is 1.97. The zero-order chi connectivity index (χ0) is 14.2. The first-order chi connectivity index (χ1) is 8.87. The van der Waals surface area contributed by atoms with Crippen molar-refractivity contribution in [2.75, 3.05) is 17.2 Å². The van der Waals surface area contributed by atoms with Crippen LogP contribution in [0.5, 0.6) is 0 Å². The molecule has 2 amide bonds. The minimum atomic E-state index is -0.969. The maximum Gasteiger partial charge on any atom is 0.251 e. The van der Waals surface area contributed by atoms with Gasteiger partial charge in [0.1, 0.15) is 11.6 Å². The van der Waals surface area contributed by atoms with Gasteiger partial charge in [-0.15, -0.1) is 0 Å². The Kier molecular flexibility index (Phi) is 2.86. The number of hydrogen-bond acceptors (Lipinski definition) is 6. The number of pyridine rings is 1. The van der Waals surface area contributed by atoms with E-state index in [1.165, 1.54) is 17.2 Å². The second kappa shape index (κ2) is 4.24. The number of hydrogen-bond donors (Lipinski definition) is 2. The molecule has 3 N–H and O–H groups in total. The Hall–Kier alpha value is -2.62. The Balaban J connectivity index is 2.54. The summed E-state index contributed by atoms with van der Waals surface area (Å²) in [4.78, 5) is 29.0. The summed E-state index contributed by atoms with van der Waals surface area (Å²) in [5.74, 6) is -0.576. The number of aromatic nitrogens is 1. The van der Waals surface area contributed by atoms with Crippen LogP contribution in [-0.4, -0.2) is 28.9 Å². The summed E-state index contributed by atoms with van der Waals surface area (Å²) in [7, 11) is 0. The van der Waals surface area contributed by atoms with Crippen LogP contribution in [0.4, 0.5) is 11.5 Å². The molecule has 1 saturated heterocycles. The van der Waals surface area contributed by atoms with Gasteiger partial charge < -0.3 is 10.6 Å². The van der Waals surface area contributed by atoms with Gasteiger partial charge in [-0.25, -0.2) is 4.98 Å². The Morgan fingerprint density at radius 2 is 2.21 bits per heavy atom. The Bertz CT molecular complexity index is 603. The molecule has 1 aliphatic heterocycles. The van der Waals surface area contributed by atoms with Crippen molar-refractivity contribution < 1.29 is 9.59 Å². The molecule has 7 nitrogen and oxygen atoms in total. The second-order valence-corrected chi connectivity index (χ2v) is 4.73. The lowest BCUT2D eigenvalue weighted by molar-refractivity contribution is -0.135. The molecule has 1 aromatic heterocycles. The van der Waals surface area contributed by atoms with E-state index in [1.807, 2.05) is 6.07 Å². The number of anilines is 2. The first kappa shape index (κ1) is 12.8. The minimum absolute atomic E-state index is 0.0369. The van der Waals surface area contributed by atoms with Crippen LogP contribution < -0.4 is 16.0 Å². The van der Waals surface area contributed by atoms with Crippen LogP contribution in [0.3, 0.4) is 0 Å². The third-order valence-electron chi connectivity index (χ3n) is 3.13. The smallest absolute Gasteiger partial charge is 0.251 e. The topological polar surface area (TPSA) is 112 Å². The van der Waals surface area contributed by atoms with Gasteiger partial charge in [0.15, 0.2) is 5.82 Å². The Labute approximate surface area is 110 Å². The van der Waals surface area contributed by atoms with Crippen LogP contribution in [0.2, 0.25) is 0 Å². The second-order valence-electron chi connectivity index (χ2n) is 4.73. The summed E-state index contributed by atoms with van der Waals surface area (Å²) in [6.45, 7) is 3.29. The lowest BCUT2D eigenvalue weighted by atomic mass is 9.98. The summed E-state index contributed by atoms with van der Waals surface area (Å²) in [5.41, 5.74) is 5.33. The standard InChI is InChI=1S/C12H13N5O2/c1-12(2)11(19)16-8(18)6-17(12)10-9(14)7(5-13)3-4-15-10/h3-4H,6,14H2,1-2H3,(H,16,18,19). The molecular formula is C12H13N5O2. The molecule has 0 aromatic carbocycles. The average molecular weight is 259 g/mol. The van der Waals surface area contributed by atoms with Crippen LogP contribution in [0.1, 0.15) is 19.4 Å². The molecule has 1 aliphatic rings. The van der Waals surface area contributed by atoms with Crippen molar-refractivity contribution >= 4 is 23.3 Å². The fourth-order valence-electron chi connectivity index (χ4n) is 1.90. The van der Waals surface area contributed by atoms with Crippen LogP contribution >= 0.6 is 0 Å². The van der Waals surface area contributed by atoms with Crippen LogP contribution in [-0.2, 0) is 9.59 Å². The van der Waals surface area contributed by atoms with Crippen molar-refractivity contribution in [1.82, 2.24) is 10.3 Å². The summed E-state index contributed by atoms with van der Waals surface area (Å²) in [6.07, 6.45) is 1.43. The van der Waals surface area contributed by atoms with Gasteiger partial charge in [0.05, 0.1) is 17.8 Å². The normalized spacial score (nSPS) is 17.8. The van der Waals surface area contributed by atoms with Crippen molar-refractivity contribution in [2.45, 2.75) is 19.4 Å². The van der Waals surface area contributed by atoms with Gasteiger partial charge in [-0.05, 0) is 19.9 Å². The number of nitrogens with one attached hydrogen (secondary N) is 1. The fourth-order valence-corrected chi connectivity index (χ4v) is 1.90. The monoisotopic (exact) mass is 259 g/mol. The van der Waals surface area contributed by atoms with E-state index in [0.29, 0.717) is 0 Å². The van der Waals surface area contributed by atoms with Crippen molar-refractivity contribution in [3.05, 3.63) is 17.8 Å². The number of amides is 2. The van der Waals surface area contributed by atoms with Gasteiger partial charge in [-0.3, -0.25) is 14.9 Å². The highest BCUT2D eigenvalue weighted by Crippen LogP contribution is 2.30. The number of nitrogens with zero attached hydrogens (tertiary/aromatic N) is 3. The van der Waals surface area contributed by atoms with E-state index in [9.17, 15) is 9.59 Å². The number of piperazine rings is 1. The van der Waals surface area contributed by atoms with E-state index in [4.69, 9.17) is 11.0 Å². The maximum atomic E-state index is 11.9. The molecule has 98 valence electrons. The predicted molar refractivity (Wildman–Crippen MR) is 67.9 cm³/mol. The van der Waals surface area contributed by atoms with Crippen LogP contribution in [0.15, 0.2) is 12.3 Å². The van der Waals surface area contributed by atoms with E-state index < -0.39 is 17.4 Å². The SMILES string of the molecule is CC1(C)C(=O)NC(=O)CN1c1nccc(C#N)c1N. The van der Waals surface area contributed by atoms with Gasteiger partial charge in [0.2, 0.25) is 5.91 Å². The lowest BCUT2D eigenvalue weighted by Crippen LogP contribution is -2.64. The van der Waals surface area contributed by atoms with E-state index >= 15 is 0 Å². The zero-order valence-corrected chi connectivity index (χ0v) is 10.6. The van der Waals surface area contributed by atoms with E-state index in [-0.39, 0.29) is 23.6 Å². The van der Waals surface area contributed by atoms with E-state index in [0.717, 1.165) is 0 Å². The third-order valence-corrected chi connectivity index (χ3v) is 3.13. The Morgan fingerprint density at radius 1 is 1.53 bits per heavy atom. The number of carbonyl (C=O) groups excluding carboxylic acids is 2. The number of nitriles is 1. The van der Waals surface area contributed by atoms with Gasteiger partial charge >= 0.3 is 0 Å². The first-order valence-corrected chi connectivity index (χ1v) is 5.64. The summed E-state index contributed by atoms with van der Waals surface area (Å²) >= 11 is 0. The molecule has 0 saturated carbocycles. The zero-order valence-electron chi connectivity index (χ0n) is 10.6. The molecule has 0 aliphatic carbocycles. The lowest BCUT2D eigenvalue weighted by Gasteiger charge is -2.41. The van der Waals surface area contributed by atoms with Gasteiger partial charge in [-0.2, -0.15) is 5.26 Å². The summed E-state index contributed by atoms with van der Waals surface area (Å²) < 4.78 is 0. The van der Waals surface area contributed by atoms with Crippen molar-refractivity contribution in [2.24, 2.45) is 0 Å². The molecule has 0 unspecified atom stereocenters. The highest BCUT2D eigenvalue weighted by molar-refractivity contribution is 6.07. The van der Waals surface area contributed by atoms with E-state index in [1.54, 1.807) is 13.8 Å². The summed E-state index contributed by atoms with van der Waals surface area (Å²) in [6, 6.07) is 3.43. The van der Waals surface area contributed by atoms with Crippen LogP contribution in [0, 0.1) is 11.3 Å². The van der Waals surface area contributed by atoms with Gasteiger partial charge in [0, 0.05) is 6.20 Å². The predicted octanol–water partition coefficient (Wildman–Crippen LogP) is -0.223. The van der Waals surface area contributed by atoms with Crippen LogP contribution in [0.25, 0.3) is 0 Å². The largest absolute Gasteiger partial charge is 0.395 e. The highest BCUT2D eigenvalue weighted by Gasteiger charge is 2.42. The molecule has 2 rings (SSSR count). The van der Waals surface area contributed by atoms with Gasteiger partial charge in [0.25, 0.3) is 5.91 Å². The molecule has 19 heavy (non-hydrogen) atoms. The number of carbonyl (C=O) groups is 2. The first-order valence-electron chi connectivity index (χ1n) is 5.64. The fraction of sp³-hybridized carbons (Fsp3) is 0.333. The van der Waals surface area contributed by atoms with E-state index in [2.05, 4.69) is 10.3 Å². The minimum Gasteiger partial charge on any atom is -0.395 e. The summed E-state index contributed by atoms with van der Waals surface area (Å²) in [5, 5.41) is 11.2. The molecule has 0 atom stereocenters. The maximum absolute atomic E-state index is 11.9. The number of nitrogens with two attached hydrogens (primary N) is 1. The van der Waals surface area contributed by atoms with Crippen molar-refractivity contribution in [3.63, 3.8) is 0 Å². The molecule has 2 heterocycles. The molecule has 0 spiro atoms. The van der Waals surface area contributed by atoms with Crippen molar-refractivity contribution in [3.8, 4) is 6.07 Å². The molecule has 0 radical (unpaired) electrons. The molecule has 7 heteroatoms.